The molecule has 2 aromatic heterocycles. The van der Waals surface area contributed by atoms with E-state index in [1.165, 1.54) is 32.8 Å². The molecular formula is C24H15Br2NO. The Hall–Kier alpha value is -2.30. The number of hydrogen-bond acceptors (Lipinski definition) is 1. The summed E-state index contributed by atoms with van der Waals surface area (Å²) in [4.78, 5) is 0. The summed E-state index contributed by atoms with van der Waals surface area (Å²) in [6.45, 7) is 0. The Balaban J connectivity index is 1.71. The van der Waals surface area contributed by atoms with Crippen molar-refractivity contribution in [1.29, 1.82) is 0 Å². The molecule has 0 aliphatic heterocycles. The number of aryl methyl sites for hydroxylation is 1. The molecular weight excluding hydrogens is 478 g/mol. The summed E-state index contributed by atoms with van der Waals surface area (Å²) in [6, 6.07) is 19.5. The van der Waals surface area contributed by atoms with Crippen molar-refractivity contribution >= 4 is 70.7 Å². The van der Waals surface area contributed by atoms with Crippen molar-refractivity contribution in [2.75, 3.05) is 0 Å². The average molecular weight is 493 g/mol. The highest BCUT2D eigenvalue weighted by molar-refractivity contribution is 9.10. The molecule has 0 radical (unpaired) electrons. The van der Waals surface area contributed by atoms with Gasteiger partial charge in [0.2, 0.25) is 0 Å². The van der Waals surface area contributed by atoms with Crippen molar-refractivity contribution in [2.24, 2.45) is 0 Å². The molecule has 0 unspecified atom stereocenters. The number of aromatic nitrogens is 1. The number of furan rings is 1. The van der Waals surface area contributed by atoms with Crippen LogP contribution in [0.5, 0.6) is 0 Å². The highest BCUT2D eigenvalue weighted by Crippen LogP contribution is 2.37. The number of hydrogen-bond donors (Lipinski definition) is 0. The lowest BCUT2D eigenvalue weighted by Gasteiger charge is -2.09. The Morgan fingerprint density at radius 3 is 2.21 bits per heavy atom. The van der Waals surface area contributed by atoms with Crippen LogP contribution in [0.15, 0.2) is 74.0 Å². The number of benzene rings is 3. The van der Waals surface area contributed by atoms with Crippen molar-refractivity contribution in [3.05, 3.63) is 80.9 Å². The van der Waals surface area contributed by atoms with E-state index in [4.69, 9.17) is 4.42 Å². The predicted molar refractivity (Wildman–Crippen MR) is 123 cm³/mol. The minimum absolute atomic E-state index is 0.964. The monoisotopic (exact) mass is 491 g/mol. The fourth-order valence-electron chi connectivity index (χ4n) is 4.35. The van der Waals surface area contributed by atoms with E-state index in [0.717, 1.165) is 38.8 Å². The van der Waals surface area contributed by atoms with E-state index in [1.54, 1.807) is 0 Å². The van der Waals surface area contributed by atoms with Gasteiger partial charge in [-0.1, -0.05) is 37.9 Å². The Bertz CT molecular complexity index is 1380. The number of allylic oxidation sites excluding steroid dienone is 1. The van der Waals surface area contributed by atoms with Gasteiger partial charge in [-0.05, 0) is 73.5 Å². The lowest BCUT2D eigenvalue weighted by Crippen LogP contribution is -1.94. The quantitative estimate of drug-likeness (QED) is 0.231. The second-order valence-corrected chi connectivity index (χ2v) is 9.06. The molecule has 2 heterocycles. The van der Waals surface area contributed by atoms with Crippen molar-refractivity contribution in [1.82, 2.24) is 4.57 Å². The second-order valence-electron chi connectivity index (χ2n) is 7.22. The fourth-order valence-corrected chi connectivity index (χ4v) is 5.07. The highest BCUT2D eigenvalue weighted by Gasteiger charge is 2.17. The first kappa shape index (κ1) is 16.6. The minimum Gasteiger partial charge on any atom is -0.456 e. The van der Waals surface area contributed by atoms with Crippen LogP contribution in [0.4, 0.5) is 0 Å². The zero-order chi connectivity index (χ0) is 18.8. The van der Waals surface area contributed by atoms with Crippen LogP contribution < -0.4 is 0 Å². The number of fused-ring (bicyclic) bond motifs is 6. The standard InChI is InChI=1S/C24H15Br2NO/c25-14-5-8-21-18(11-14)19-12-15(26)6-9-22(19)27(21)16-7-10-24-20(13-16)17-3-1-2-4-23(17)28-24/h2,4-13H,1,3H2. The molecule has 28 heavy (non-hydrogen) atoms. The van der Waals surface area contributed by atoms with Crippen LogP contribution in [0.25, 0.3) is 44.5 Å². The van der Waals surface area contributed by atoms with Gasteiger partial charge in [-0.3, -0.25) is 0 Å². The van der Waals surface area contributed by atoms with E-state index in [-0.39, 0.29) is 0 Å². The molecule has 0 fully saturated rings. The molecule has 5 aromatic rings. The largest absolute Gasteiger partial charge is 0.456 e. The van der Waals surface area contributed by atoms with Gasteiger partial charge in [-0.2, -0.15) is 0 Å². The number of rotatable bonds is 1. The lowest BCUT2D eigenvalue weighted by atomic mass is 10.0. The van der Waals surface area contributed by atoms with Gasteiger partial charge in [0.25, 0.3) is 0 Å². The molecule has 2 nitrogen and oxygen atoms in total. The zero-order valence-electron chi connectivity index (χ0n) is 14.9. The molecule has 0 amide bonds. The Labute approximate surface area is 178 Å². The normalized spacial score (nSPS) is 13.6. The Morgan fingerprint density at radius 2 is 1.50 bits per heavy atom. The van der Waals surface area contributed by atoms with Crippen LogP contribution in [0.1, 0.15) is 17.7 Å². The third-order valence-electron chi connectivity index (χ3n) is 5.58. The SMILES string of the molecule is Brc1ccc2c(c1)c1cc(Br)ccc1n2-c1ccc2oc3c(c2c1)CCC=C3. The highest BCUT2D eigenvalue weighted by atomic mass is 79.9. The van der Waals surface area contributed by atoms with E-state index in [9.17, 15) is 0 Å². The molecule has 3 aromatic carbocycles. The van der Waals surface area contributed by atoms with Gasteiger partial charge in [0, 0.05) is 36.4 Å². The Morgan fingerprint density at radius 1 is 0.786 bits per heavy atom. The smallest absolute Gasteiger partial charge is 0.135 e. The maximum absolute atomic E-state index is 6.06. The van der Waals surface area contributed by atoms with Gasteiger partial charge in [-0.15, -0.1) is 0 Å². The first-order valence-corrected chi connectivity index (χ1v) is 10.9. The van der Waals surface area contributed by atoms with E-state index in [2.05, 4.69) is 103 Å². The maximum atomic E-state index is 6.06. The first-order chi connectivity index (χ1) is 13.7. The van der Waals surface area contributed by atoms with Gasteiger partial charge in [0.15, 0.2) is 0 Å². The molecule has 0 spiro atoms. The molecule has 0 saturated heterocycles. The molecule has 4 heteroatoms. The van der Waals surface area contributed by atoms with Crippen LogP contribution in [0.2, 0.25) is 0 Å². The van der Waals surface area contributed by atoms with Crippen molar-refractivity contribution in [3.8, 4) is 5.69 Å². The fraction of sp³-hybridized carbons (Fsp3) is 0.0833. The summed E-state index contributed by atoms with van der Waals surface area (Å²) < 4.78 is 10.6. The molecule has 1 aliphatic carbocycles. The third-order valence-corrected chi connectivity index (χ3v) is 6.57. The van der Waals surface area contributed by atoms with Crippen LogP contribution >= 0.6 is 31.9 Å². The van der Waals surface area contributed by atoms with E-state index in [1.807, 2.05) is 0 Å². The second kappa shape index (κ2) is 6.10. The van der Waals surface area contributed by atoms with Crippen molar-refractivity contribution in [3.63, 3.8) is 0 Å². The average Bonchev–Trinajstić information content (AvgIpc) is 3.22. The maximum Gasteiger partial charge on any atom is 0.135 e. The van der Waals surface area contributed by atoms with Crippen LogP contribution in [-0.2, 0) is 6.42 Å². The summed E-state index contributed by atoms with van der Waals surface area (Å²) in [5.74, 6) is 1.01. The van der Waals surface area contributed by atoms with Crippen LogP contribution in [0.3, 0.4) is 0 Å². The first-order valence-electron chi connectivity index (χ1n) is 9.30. The lowest BCUT2D eigenvalue weighted by molar-refractivity contribution is 0.595. The molecule has 6 rings (SSSR count). The third kappa shape index (κ3) is 2.38. The molecule has 0 bridgehead atoms. The summed E-state index contributed by atoms with van der Waals surface area (Å²) in [5, 5.41) is 3.70. The summed E-state index contributed by atoms with van der Waals surface area (Å²) in [6.07, 6.45) is 6.40. The van der Waals surface area contributed by atoms with Gasteiger partial charge in [0.1, 0.15) is 11.3 Å². The molecule has 1 aliphatic rings. The van der Waals surface area contributed by atoms with Crippen molar-refractivity contribution < 1.29 is 4.42 Å². The van der Waals surface area contributed by atoms with E-state index >= 15 is 0 Å². The topological polar surface area (TPSA) is 18.1 Å². The zero-order valence-corrected chi connectivity index (χ0v) is 18.0. The van der Waals surface area contributed by atoms with Gasteiger partial charge >= 0.3 is 0 Å². The van der Waals surface area contributed by atoms with Crippen molar-refractivity contribution in [2.45, 2.75) is 12.8 Å². The van der Waals surface area contributed by atoms with Crippen LogP contribution in [-0.4, -0.2) is 4.57 Å². The molecule has 136 valence electrons. The summed E-state index contributed by atoms with van der Waals surface area (Å²) in [7, 11) is 0. The van der Waals surface area contributed by atoms with E-state index in [0.29, 0.717) is 0 Å². The molecule has 0 N–H and O–H groups in total. The van der Waals surface area contributed by atoms with Crippen LogP contribution in [0, 0.1) is 0 Å². The number of nitrogens with zero attached hydrogens (tertiary/aromatic N) is 1. The minimum atomic E-state index is 0.964. The predicted octanol–water partition coefficient (Wildman–Crippen LogP) is 8.01. The molecule has 0 saturated carbocycles. The van der Waals surface area contributed by atoms with Gasteiger partial charge in [-0.25, -0.2) is 0 Å². The van der Waals surface area contributed by atoms with Gasteiger partial charge < -0.3 is 8.98 Å². The molecule has 0 atom stereocenters. The van der Waals surface area contributed by atoms with Gasteiger partial charge in [0.05, 0.1) is 11.0 Å². The summed E-state index contributed by atoms with van der Waals surface area (Å²) in [5.41, 5.74) is 5.85. The van der Waals surface area contributed by atoms with E-state index < -0.39 is 0 Å². The number of halogens is 2. The Kier molecular flexibility index (Phi) is 3.62. The summed E-state index contributed by atoms with van der Waals surface area (Å²) >= 11 is 7.26.